The molecule has 1 aromatic carbocycles. The fourth-order valence-electron chi connectivity index (χ4n) is 2.86. The average Bonchev–Trinajstić information content (AvgIpc) is 2.77. The second-order valence-electron chi connectivity index (χ2n) is 5.37. The van der Waals surface area contributed by atoms with Crippen LogP contribution in [0.25, 0.3) is 0 Å². The first-order valence-electron chi connectivity index (χ1n) is 6.74. The van der Waals surface area contributed by atoms with E-state index in [2.05, 4.69) is 30.9 Å². The lowest BCUT2D eigenvalue weighted by Gasteiger charge is -2.27. The molecule has 2 rings (SSSR count). The van der Waals surface area contributed by atoms with E-state index in [1.165, 1.54) is 17.5 Å². The van der Waals surface area contributed by atoms with Gasteiger partial charge in [-0.3, -0.25) is 4.90 Å². The Bertz CT molecular complexity index is 405. The van der Waals surface area contributed by atoms with Crippen molar-refractivity contribution in [1.82, 2.24) is 4.90 Å². The second kappa shape index (κ2) is 5.72. The third-order valence-electron chi connectivity index (χ3n) is 3.92. The van der Waals surface area contributed by atoms with Crippen LogP contribution in [0.15, 0.2) is 18.2 Å². The minimum Gasteiger partial charge on any atom is -0.496 e. The summed E-state index contributed by atoms with van der Waals surface area (Å²) in [6.45, 7) is 7.40. The van der Waals surface area contributed by atoms with Crippen LogP contribution in [0.4, 0.5) is 0 Å². The van der Waals surface area contributed by atoms with Gasteiger partial charge in [-0.15, -0.1) is 0 Å². The number of nitrogens with two attached hydrogens (primary N) is 1. The molecule has 1 aromatic rings. The molecule has 1 aliphatic rings. The predicted octanol–water partition coefficient (Wildman–Crippen LogP) is 2.35. The van der Waals surface area contributed by atoms with Gasteiger partial charge < -0.3 is 10.5 Å². The number of methoxy groups -OCH3 is 1. The second-order valence-corrected chi connectivity index (χ2v) is 5.37. The van der Waals surface area contributed by atoms with Crippen molar-refractivity contribution >= 4 is 0 Å². The van der Waals surface area contributed by atoms with Crippen LogP contribution in [0.1, 0.15) is 30.5 Å². The average molecular weight is 248 g/mol. The molecule has 3 heteroatoms. The van der Waals surface area contributed by atoms with Crippen LogP contribution >= 0.6 is 0 Å². The third-order valence-corrected chi connectivity index (χ3v) is 3.92. The van der Waals surface area contributed by atoms with Crippen molar-refractivity contribution in [2.24, 2.45) is 11.7 Å². The highest BCUT2D eigenvalue weighted by atomic mass is 16.5. The number of hydrogen-bond donors (Lipinski definition) is 1. The van der Waals surface area contributed by atoms with Crippen molar-refractivity contribution in [2.75, 3.05) is 26.7 Å². The molecule has 1 aliphatic heterocycles. The monoisotopic (exact) mass is 248 g/mol. The maximum atomic E-state index is 5.98. The Hall–Kier alpha value is -1.06. The molecule has 0 aromatic heterocycles. The van der Waals surface area contributed by atoms with Crippen LogP contribution < -0.4 is 10.5 Å². The summed E-state index contributed by atoms with van der Waals surface area (Å²) in [7, 11) is 1.71. The van der Waals surface area contributed by atoms with E-state index in [1.807, 2.05) is 6.07 Å². The van der Waals surface area contributed by atoms with Gasteiger partial charge >= 0.3 is 0 Å². The van der Waals surface area contributed by atoms with Crippen molar-refractivity contribution in [3.63, 3.8) is 0 Å². The van der Waals surface area contributed by atoms with E-state index in [-0.39, 0.29) is 0 Å². The fourth-order valence-corrected chi connectivity index (χ4v) is 2.86. The van der Waals surface area contributed by atoms with E-state index < -0.39 is 0 Å². The van der Waals surface area contributed by atoms with Crippen LogP contribution in [0.2, 0.25) is 0 Å². The number of nitrogens with zero attached hydrogens (tertiary/aromatic N) is 1. The standard InChI is InChI=1S/C15H24N2O/c1-11-6-7-17(10-11)14(9-16)13-4-5-15(18-3)12(2)8-13/h4-5,8,11,14H,6-7,9-10,16H2,1-3H3. The Morgan fingerprint density at radius 3 is 2.78 bits per heavy atom. The molecule has 2 atom stereocenters. The highest BCUT2D eigenvalue weighted by Crippen LogP contribution is 2.29. The minimum atomic E-state index is 0.347. The van der Waals surface area contributed by atoms with Crippen molar-refractivity contribution in [3.05, 3.63) is 29.3 Å². The summed E-state index contributed by atoms with van der Waals surface area (Å²) >= 11 is 0. The van der Waals surface area contributed by atoms with E-state index in [1.54, 1.807) is 7.11 Å². The van der Waals surface area contributed by atoms with Gasteiger partial charge in [0, 0.05) is 19.1 Å². The van der Waals surface area contributed by atoms with Crippen LogP contribution in [0.3, 0.4) is 0 Å². The highest BCUT2D eigenvalue weighted by Gasteiger charge is 2.26. The highest BCUT2D eigenvalue weighted by molar-refractivity contribution is 5.37. The van der Waals surface area contributed by atoms with Gasteiger partial charge in [0.1, 0.15) is 5.75 Å². The van der Waals surface area contributed by atoms with E-state index in [0.29, 0.717) is 12.6 Å². The molecule has 1 heterocycles. The van der Waals surface area contributed by atoms with E-state index >= 15 is 0 Å². The Morgan fingerprint density at radius 1 is 1.50 bits per heavy atom. The maximum Gasteiger partial charge on any atom is 0.121 e. The van der Waals surface area contributed by atoms with Crippen molar-refractivity contribution in [1.29, 1.82) is 0 Å². The van der Waals surface area contributed by atoms with Gasteiger partial charge in [0.05, 0.1) is 7.11 Å². The van der Waals surface area contributed by atoms with Gasteiger partial charge in [-0.1, -0.05) is 19.1 Å². The Labute approximate surface area is 110 Å². The molecular formula is C15H24N2O. The Balaban J connectivity index is 2.19. The molecule has 0 spiro atoms. The summed E-state index contributed by atoms with van der Waals surface area (Å²) in [4.78, 5) is 2.51. The van der Waals surface area contributed by atoms with Crippen molar-refractivity contribution in [2.45, 2.75) is 26.3 Å². The predicted molar refractivity (Wildman–Crippen MR) is 74.9 cm³/mol. The first-order valence-corrected chi connectivity index (χ1v) is 6.74. The van der Waals surface area contributed by atoms with E-state index in [0.717, 1.165) is 24.8 Å². The normalized spacial score (nSPS) is 22.1. The molecule has 2 unspecified atom stereocenters. The summed E-state index contributed by atoms with van der Waals surface area (Å²) in [6, 6.07) is 6.75. The van der Waals surface area contributed by atoms with Crippen LogP contribution in [0.5, 0.6) is 5.75 Å². The molecule has 0 aliphatic carbocycles. The topological polar surface area (TPSA) is 38.5 Å². The van der Waals surface area contributed by atoms with Gasteiger partial charge in [-0.2, -0.15) is 0 Å². The molecule has 1 fully saturated rings. The van der Waals surface area contributed by atoms with Crippen molar-refractivity contribution in [3.8, 4) is 5.75 Å². The smallest absolute Gasteiger partial charge is 0.121 e. The number of benzene rings is 1. The molecule has 0 amide bonds. The maximum absolute atomic E-state index is 5.98. The Kier molecular flexibility index (Phi) is 4.25. The summed E-state index contributed by atoms with van der Waals surface area (Å²) in [5, 5.41) is 0. The van der Waals surface area contributed by atoms with Crippen molar-refractivity contribution < 1.29 is 4.74 Å². The zero-order chi connectivity index (χ0) is 13.1. The summed E-state index contributed by atoms with van der Waals surface area (Å²) in [6.07, 6.45) is 1.28. The molecule has 2 N–H and O–H groups in total. The lowest BCUT2D eigenvalue weighted by Crippen LogP contribution is -2.32. The molecule has 100 valence electrons. The van der Waals surface area contributed by atoms with Gasteiger partial charge in [-0.25, -0.2) is 0 Å². The van der Waals surface area contributed by atoms with Crippen LogP contribution in [-0.4, -0.2) is 31.6 Å². The number of ether oxygens (including phenoxy) is 1. The number of hydrogen-bond acceptors (Lipinski definition) is 3. The largest absolute Gasteiger partial charge is 0.496 e. The lowest BCUT2D eigenvalue weighted by molar-refractivity contribution is 0.243. The van der Waals surface area contributed by atoms with Crippen LogP contribution in [-0.2, 0) is 0 Å². The quantitative estimate of drug-likeness (QED) is 0.889. The first-order chi connectivity index (χ1) is 8.65. The lowest BCUT2D eigenvalue weighted by atomic mass is 10.0. The van der Waals surface area contributed by atoms with E-state index in [9.17, 15) is 0 Å². The number of rotatable bonds is 4. The number of aryl methyl sites for hydroxylation is 1. The van der Waals surface area contributed by atoms with Crippen LogP contribution in [0, 0.1) is 12.8 Å². The fraction of sp³-hybridized carbons (Fsp3) is 0.600. The van der Waals surface area contributed by atoms with E-state index in [4.69, 9.17) is 10.5 Å². The summed E-state index contributed by atoms with van der Waals surface area (Å²) in [5.41, 5.74) is 8.47. The third kappa shape index (κ3) is 2.68. The van der Waals surface area contributed by atoms with Gasteiger partial charge in [0.25, 0.3) is 0 Å². The molecule has 18 heavy (non-hydrogen) atoms. The Morgan fingerprint density at radius 2 is 2.28 bits per heavy atom. The number of likely N-dealkylation sites (tertiary alicyclic amines) is 1. The summed E-state index contributed by atoms with van der Waals surface area (Å²) in [5.74, 6) is 1.74. The first kappa shape index (κ1) is 13.4. The molecular weight excluding hydrogens is 224 g/mol. The zero-order valence-corrected chi connectivity index (χ0v) is 11.6. The van der Waals surface area contributed by atoms with Gasteiger partial charge in [0.15, 0.2) is 0 Å². The molecule has 0 bridgehead atoms. The van der Waals surface area contributed by atoms with Gasteiger partial charge in [0.2, 0.25) is 0 Å². The van der Waals surface area contributed by atoms with Gasteiger partial charge in [-0.05, 0) is 43.0 Å². The minimum absolute atomic E-state index is 0.347. The molecule has 1 saturated heterocycles. The SMILES string of the molecule is COc1ccc(C(CN)N2CCC(C)C2)cc1C. The summed E-state index contributed by atoms with van der Waals surface area (Å²) < 4.78 is 5.31. The molecule has 0 radical (unpaired) electrons. The molecule has 3 nitrogen and oxygen atoms in total. The zero-order valence-electron chi connectivity index (χ0n) is 11.6. The molecule has 0 saturated carbocycles.